The standard InChI is InChI=1S/C11H9F2N3/c12-7-1-2-11(10(13)3-7)16-9-4-8(14)5-15-6-9/h1-6,16H,14H2. The first kappa shape index (κ1) is 10.4. The molecule has 16 heavy (non-hydrogen) atoms. The van der Waals surface area contributed by atoms with Gasteiger partial charge >= 0.3 is 0 Å². The average Bonchev–Trinajstić information content (AvgIpc) is 2.22. The average molecular weight is 221 g/mol. The summed E-state index contributed by atoms with van der Waals surface area (Å²) in [6, 6.07) is 4.90. The van der Waals surface area contributed by atoms with Gasteiger partial charge in [-0.05, 0) is 18.2 Å². The molecule has 0 amide bonds. The maximum Gasteiger partial charge on any atom is 0.149 e. The number of hydrogen-bond donors (Lipinski definition) is 2. The normalized spacial score (nSPS) is 10.1. The van der Waals surface area contributed by atoms with Crippen LogP contribution in [-0.4, -0.2) is 4.98 Å². The third-order valence-corrected chi connectivity index (χ3v) is 1.97. The Bertz CT molecular complexity index is 514. The van der Waals surface area contributed by atoms with E-state index in [9.17, 15) is 8.78 Å². The van der Waals surface area contributed by atoms with Gasteiger partial charge in [-0.3, -0.25) is 4.98 Å². The fourth-order valence-corrected chi connectivity index (χ4v) is 1.27. The van der Waals surface area contributed by atoms with Crippen molar-refractivity contribution in [3.8, 4) is 0 Å². The van der Waals surface area contributed by atoms with Gasteiger partial charge in [-0.1, -0.05) is 0 Å². The second-order valence-corrected chi connectivity index (χ2v) is 3.26. The Hall–Kier alpha value is -2.17. The van der Waals surface area contributed by atoms with Crippen LogP contribution in [0.3, 0.4) is 0 Å². The molecule has 2 rings (SSSR count). The van der Waals surface area contributed by atoms with Crippen molar-refractivity contribution in [2.24, 2.45) is 0 Å². The molecule has 3 N–H and O–H groups in total. The first-order chi connectivity index (χ1) is 7.65. The van der Waals surface area contributed by atoms with E-state index >= 15 is 0 Å². The van der Waals surface area contributed by atoms with Crippen molar-refractivity contribution in [2.75, 3.05) is 11.1 Å². The molecule has 0 aliphatic heterocycles. The Morgan fingerprint density at radius 3 is 2.62 bits per heavy atom. The molecule has 0 spiro atoms. The largest absolute Gasteiger partial charge is 0.397 e. The lowest BCUT2D eigenvalue weighted by atomic mass is 10.3. The van der Waals surface area contributed by atoms with Crippen LogP contribution in [0.4, 0.5) is 25.8 Å². The van der Waals surface area contributed by atoms with Gasteiger partial charge in [0.2, 0.25) is 0 Å². The molecule has 1 heterocycles. The zero-order valence-electron chi connectivity index (χ0n) is 8.24. The van der Waals surface area contributed by atoms with Crippen LogP contribution in [0.1, 0.15) is 0 Å². The summed E-state index contributed by atoms with van der Waals surface area (Å²) in [5.74, 6) is -1.28. The van der Waals surface area contributed by atoms with E-state index in [1.54, 1.807) is 6.07 Å². The van der Waals surface area contributed by atoms with Crippen LogP contribution < -0.4 is 11.1 Å². The van der Waals surface area contributed by atoms with Gasteiger partial charge in [0.1, 0.15) is 11.6 Å². The summed E-state index contributed by atoms with van der Waals surface area (Å²) < 4.78 is 25.9. The molecule has 0 saturated heterocycles. The summed E-state index contributed by atoms with van der Waals surface area (Å²) in [6.45, 7) is 0. The van der Waals surface area contributed by atoms with Crippen molar-refractivity contribution < 1.29 is 8.78 Å². The zero-order valence-corrected chi connectivity index (χ0v) is 8.24. The molecule has 0 unspecified atom stereocenters. The van der Waals surface area contributed by atoms with Crippen LogP contribution in [0.15, 0.2) is 36.7 Å². The summed E-state index contributed by atoms with van der Waals surface area (Å²) in [6.07, 6.45) is 2.98. The molecule has 0 saturated carbocycles. The van der Waals surface area contributed by atoms with Crippen molar-refractivity contribution in [3.63, 3.8) is 0 Å². The van der Waals surface area contributed by atoms with E-state index in [-0.39, 0.29) is 5.69 Å². The number of nitrogen functional groups attached to an aromatic ring is 1. The van der Waals surface area contributed by atoms with E-state index in [1.165, 1.54) is 24.5 Å². The van der Waals surface area contributed by atoms with E-state index < -0.39 is 11.6 Å². The molecule has 3 nitrogen and oxygen atoms in total. The fraction of sp³-hybridized carbons (Fsp3) is 0. The summed E-state index contributed by atoms with van der Waals surface area (Å²) in [4.78, 5) is 3.84. The number of hydrogen-bond acceptors (Lipinski definition) is 3. The van der Waals surface area contributed by atoms with E-state index in [0.29, 0.717) is 11.4 Å². The predicted molar refractivity (Wildman–Crippen MR) is 58.3 cm³/mol. The van der Waals surface area contributed by atoms with Crippen LogP contribution in [0.2, 0.25) is 0 Å². The van der Waals surface area contributed by atoms with E-state index in [1.807, 2.05) is 0 Å². The first-order valence-corrected chi connectivity index (χ1v) is 4.58. The van der Waals surface area contributed by atoms with Crippen molar-refractivity contribution >= 4 is 17.1 Å². The summed E-state index contributed by atoms with van der Waals surface area (Å²) in [7, 11) is 0. The maximum absolute atomic E-state index is 13.3. The van der Waals surface area contributed by atoms with Crippen LogP contribution in [-0.2, 0) is 0 Å². The number of nitrogens with zero attached hydrogens (tertiary/aromatic N) is 1. The Labute approximate surface area is 90.9 Å². The van der Waals surface area contributed by atoms with Crippen LogP contribution in [0.5, 0.6) is 0 Å². The molecule has 2 aromatic rings. The van der Waals surface area contributed by atoms with Gasteiger partial charge in [-0.2, -0.15) is 0 Å². The molecular weight excluding hydrogens is 212 g/mol. The zero-order chi connectivity index (χ0) is 11.5. The molecule has 0 fully saturated rings. The molecular formula is C11H9F2N3. The minimum atomic E-state index is -0.664. The van der Waals surface area contributed by atoms with Gasteiger partial charge in [0.05, 0.1) is 23.3 Å². The number of rotatable bonds is 2. The molecule has 0 aliphatic carbocycles. The quantitative estimate of drug-likeness (QED) is 0.819. The Morgan fingerprint density at radius 1 is 1.12 bits per heavy atom. The summed E-state index contributed by atoms with van der Waals surface area (Å²) in [5, 5.41) is 2.76. The number of pyridine rings is 1. The van der Waals surface area contributed by atoms with Crippen molar-refractivity contribution in [1.82, 2.24) is 4.98 Å². The number of benzene rings is 1. The van der Waals surface area contributed by atoms with Gasteiger partial charge in [0, 0.05) is 12.3 Å². The summed E-state index contributed by atoms with van der Waals surface area (Å²) >= 11 is 0. The molecule has 0 aliphatic rings. The van der Waals surface area contributed by atoms with E-state index in [0.717, 1.165) is 6.07 Å². The van der Waals surface area contributed by atoms with Gasteiger partial charge in [0.15, 0.2) is 0 Å². The molecule has 1 aromatic heterocycles. The topological polar surface area (TPSA) is 50.9 Å². The molecule has 0 radical (unpaired) electrons. The van der Waals surface area contributed by atoms with Crippen LogP contribution in [0, 0.1) is 11.6 Å². The lowest BCUT2D eigenvalue weighted by Gasteiger charge is -2.07. The molecule has 0 bridgehead atoms. The third-order valence-electron chi connectivity index (χ3n) is 1.97. The van der Waals surface area contributed by atoms with Crippen molar-refractivity contribution in [2.45, 2.75) is 0 Å². The second-order valence-electron chi connectivity index (χ2n) is 3.26. The van der Waals surface area contributed by atoms with Crippen LogP contribution >= 0.6 is 0 Å². The predicted octanol–water partition coefficient (Wildman–Crippen LogP) is 2.69. The number of aromatic nitrogens is 1. The smallest absolute Gasteiger partial charge is 0.149 e. The molecule has 5 heteroatoms. The minimum Gasteiger partial charge on any atom is -0.397 e. The monoisotopic (exact) mass is 221 g/mol. The molecule has 1 aromatic carbocycles. The van der Waals surface area contributed by atoms with Gasteiger partial charge in [-0.15, -0.1) is 0 Å². The minimum absolute atomic E-state index is 0.175. The summed E-state index contributed by atoms with van der Waals surface area (Å²) in [5.41, 5.74) is 6.71. The fourth-order valence-electron chi connectivity index (χ4n) is 1.27. The van der Waals surface area contributed by atoms with Crippen LogP contribution in [0.25, 0.3) is 0 Å². The highest BCUT2D eigenvalue weighted by atomic mass is 19.1. The molecule has 0 atom stereocenters. The maximum atomic E-state index is 13.3. The lowest BCUT2D eigenvalue weighted by Crippen LogP contribution is -1.96. The molecule has 82 valence electrons. The highest BCUT2D eigenvalue weighted by Gasteiger charge is 2.04. The van der Waals surface area contributed by atoms with Gasteiger partial charge in [-0.25, -0.2) is 8.78 Å². The Kier molecular flexibility index (Phi) is 2.68. The number of halogens is 2. The first-order valence-electron chi connectivity index (χ1n) is 4.58. The highest BCUT2D eigenvalue weighted by molar-refractivity contribution is 5.62. The van der Waals surface area contributed by atoms with Gasteiger partial charge in [0.25, 0.3) is 0 Å². The van der Waals surface area contributed by atoms with E-state index in [4.69, 9.17) is 5.73 Å². The Morgan fingerprint density at radius 2 is 1.94 bits per heavy atom. The lowest BCUT2D eigenvalue weighted by molar-refractivity contribution is 0.586. The second kappa shape index (κ2) is 4.14. The van der Waals surface area contributed by atoms with Crippen molar-refractivity contribution in [3.05, 3.63) is 48.3 Å². The highest BCUT2D eigenvalue weighted by Crippen LogP contribution is 2.20. The van der Waals surface area contributed by atoms with E-state index in [2.05, 4.69) is 10.3 Å². The number of nitrogens with two attached hydrogens (primary N) is 1. The number of anilines is 3. The van der Waals surface area contributed by atoms with Crippen molar-refractivity contribution in [1.29, 1.82) is 0 Å². The SMILES string of the molecule is Nc1cncc(Nc2ccc(F)cc2F)c1. The third kappa shape index (κ3) is 2.25. The number of nitrogens with one attached hydrogen (secondary N) is 1. The Balaban J connectivity index is 2.27. The van der Waals surface area contributed by atoms with Gasteiger partial charge < -0.3 is 11.1 Å².